The Morgan fingerprint density at radius 3 is 2.79 bits per heavy atom. The largest absolute Gasteiger partial charge is 0.477 e. The maximum absolute atomic E-state index is 12.4. The minimum atomic E-state index is -1.10. The van der Waals surface area contributed by atoms with Gasteiger partial charge in [0.1, 0.15) is 5.70 Å². The lowest BCUT2D eigenvalue weighted by Crippen LogP contribution is -2.63. The van der Waals surface area contributed by atoms with Crippen LogP contribution in [-0.2, 0) is 9.59 Å². The fourth-order valence-corrected chi connectivity index (χ4v) is 6.68. The fourth-order valence-electron chi connectivity index (χ4n) is 4.51. The number of nitrogens with one attached hydrogen (secondary N) is 1. The van der Waals surface area contributed by atoms with E-state index >= 15 is 0 Å². The van der Waals surface area contributed by atoms with Crippen LogP contribution in [-0.4, -0.2) is 56.7 Å². The van der Waals surface area contributed by atoms with Gasteiger partial charge in [0, 0.05) is 34.7 Å². The smallest absolute Gasteiger partial charge is 0.353 e. The Kier molecular flexibility index (Phi) is 5.28. The van der Waals surface area contributed by atoms with Gasteiger partial charge in [0.2, 0.25) is 5.91 Å². The summed E-state index contributed by atoms with van der Waals surface area (Å²) in [5.41, 5.74) is 1.10. The molecule has 3 aliphatic rings. The lowest BCUT2D eigenvalue weighted by molar-refractivity contribution is -0.163. The average Bonchev–Trinajstić information content (AvgIpc) is 3.18. The molecule has 2 saturated heterocycles. The SMILES string of the molecule is CC1CCC(c2csc(SC3=C(C(=O)O)N4C(=O)[C@H]([C@@H](C)O)[C@H]4[C@H]3C)n2)CN1. The van der Waals surface area contributed by atoms with Crippen LogP contribution in [0.2, 0.25) is 0 Å². The van der Waals surface area contributed by atoms with Crippen molar-refractivity contribution in [2.75, 3.05) is 6.54 Å². The molecule has 0 spiro atoms. The zero-order chi connectivity index (χ0) is 20.2. The van der Waals surface area contributed by atoms with Gasteiger partial charge < -0.3 is 20.4 Å². The van der Waals surface area contributed by atoms with E-state index in [9.17, 15) is 19.8 Å². The molecule has 28 heavy (non-hydrogen) atoms. The predicted octanol–water partition coefficient (Wildman–Crippen LogP) is 2.24. The van der Waals surface area contributed by atoms with Gasteiger partial charge in [-0.3, -0.25) is 4.79 Å². The molecular weight excluding hydrogens is 398 g/mol. The Morgan fingerprint density at radius 2 is 2.18 bits per heavy atom. The number of thiazole rings is 1. The zero-order valence-corrected chi connectivity index (χ0v) is 17.7. The summed E-state index contributed by atoms with van der Waals surface area (Å²) in [4.78, 5) is 31.1. The molecule has 1 amide bonds. The number of carboxylic acid groups (broad SMARTS) is 1. The quantitative estimate of drug-likeness (QED) is 0.624. The molecule has 0 radical (unpaired) electrons. The highest BCUT2D eigenvalue weighted by atomic mass is 32.2. The number of aliphatic hydroxyl groups is 1. The number of aromatic nitrogens is 1. The number of carbonyl (C=O) groups excluding carboxylic acids is 1. The molecule has 2 fully saturated rings. The molecule has 0 aromatic carbocycles. The molecule has 1 aromatic heterocycles. The van der Waals surface area contributed by atoms with E-state index in [2.05, 4.69) is 17.6 Å². The van der Waals surface area contributed by atoms with Crippen molar-refractivity contribution in [2.24, 2.45) is 11.8 Å². The van der Waals surface area contributed by atoms with Crippen molar-refractivity contribution in [3.05, 3.63) is 21.7 Å². The van der Waals surface area contributed by atoms with E-state index in [0.717, 1.165) is 29.4 Å². The number of amides is 1. The highest BCUT2D eigenvalue weighted by Crippen LogP contribution is 2.52. The number of nitrogens with zero attached hydrogens (tertiary/aromatic N) is 2. The number of fused-ring (bicyclic) bond motifs is 1. The van der Waals surface area contributed by atoms with Gasteiger partial charge in [-0.1, -0.05) is 18.7 Å². The third-order valence-corrected chi connectivity index (χ3v) is 8.33. The van der Waals surface area contributed by atoms with Gasteiger partial charge in [0.25, 0.3) is 0 Å². The molecule has 152 valence electrons. The minimum absolute atomic E-state index is 0.0503. The molecule has 0 bridgehead atoms. The second kappa shape index (κ2) is 7.44. The van der Waals surface area contributed by atoms with Crippen LogP contribution >= 0.6 is 23.1 Å². The molecule has 7 nitrogen and oxygen atoms in total. The first-order chi connectivity index (χ1) is 13.3. The van der Waals surface area contributed by atoms with Crippen molar-refractivity contribution < 1.29 is 19.8 Å². The van der Waals surface area contributed by atoms with Gasteiger partial charge in [-0.2, -0.15) is 0 Å². The third-order valence-electron chi connectivity index (χ3n) is 6.09. The minimum Gasteiger partial charge on any atom is -0.477 e. The summed E-state index contributed by atoms with van der Waals surface area (Å²) in [7, 11) is 0. The molecule has 1 aromatic rings. The van der Waals surface area contributed by atoms with Gasteiger partial charge in [0.05, 0.1) is 23.8 Å². The first-order valence-corrected chi connectivity index (χ1v) is 11.3. The Bertz CT molecular complexity index is 829. The van der Waals surface area contributed by atoms with Gasteiger partial charge >= 0.3 is 5.97 Å². The Hall–Kier alpha value is -1.42. The molecule has 6 atom stereocenters. The summed E-state index contributed by atoms with van der Waals surface area (Å²) in [6.45, 7) is 6.61. The molecule has 4 rings (SSSR count). The summed E-state index contributed by atoms with van der Waals surface area (Å²) in [5.74, 6) is -1.70. The number of hydrogen-bond donors (Lipinski definition) is 3. The molecule has 0 saturated carbocycles. The van der Waals surface area contributed by atoms with Crippen LogP contribution in [0, 0.1) is 11.8 Å². The molecule has 3 N–H and O–H groups in total. The van der Waals surface area contributed by atoms with Crippen molar-refractivity contribution in [3.8, 4) is 0 Å². The lowest BCUT2D eigenvalue weighted by atomic mass is 9.79. The monoisotopic (exact) mass is 423 g/mol. The summed E-state index contributed by atoms with van der Waals surface area (Å²) in [6, 6.07) is 0.250. The van der Waals surface area contributed by atoms with E-state index in [4.69, 9.17) is 4.98 Å². The molecule has 3 aliphatic heterocycles. The second-order valence-electron chi connectivity index (χ2n) is 8.00. The molecule has 9 heteroatoms. The number of carboxylic acids is 1. The van der Waals surface area contributed by atoms with E-state index in [1.54, 1.807) is 6.92 Å². The Labute approximate surface area is 172 Å². The van der Waals surface area contributed by atoms with Crippen molar-refractivity contribution in [1.82, 2.24) is 15.2 Å². The first kappa shape index (κ1) is 19.9. The summed E-state index contributed by atoms with van der Waals surface area (Å²) < 4.78 is 0.803. The third kappa shape index (κ3) is 3.18. The molecule has 0 aliphatic carbocycles. The van der Waals surface area contributed by atoms with E-state index in [1.807, 2.05) is 6.92 Å². The second-order valence-corrected chi connectivity index (χ2v) is 10.1. The number of rotatable bonds is 5. The Morgan fingerprint density at radius 1 is 1.43 bits per heavy atom. The number of β-lactam (4-membered cyclic amide) rings is 1. The standard InChI is InChI=1S/C19H25N3O4S2/c1-8-4-5-11(6-20-8)12-7-27-19(21-12)28-16-9(2)14-13(10(3)23)17(24)22(14)15(16)18(25)26/h7-11,13-14,20,23H,4-6H2,1-3H3,(H,25,26)/t8?,9-,10-,11?,13-,14-/m1/s1. The van der Waals surface area contributed by atoms with Gasteiger partial charge in [0.15, 0.2) is 4.34 Å². The van der Waals surface area contributed by atoms with Gasteiger partial charge in [-0.15, -0.1) is 11.3 Å². The average molecular weight is 424 g/mol. The lowest BCUT2D eigenvalue weighted by Gasteiger charge is -2.46. The summed E-state index contributed by atoms with van der Waals surface area (Å²) >= 11 is 2.88. The number of carbonyl (C=O) groups is 2. The number of hydrogen-bond acceptors (Lipinski definition) is 7. The normalized spacial score (nSPS) is 33.6. The van der Waals surface area contributed by atoms with Crippen molar-refractivity contribution in [2.45, 2.75) is 62.1 Å². The highest BCUT2D eigenvalue weighted by Gasteiger charge is 2.60. The zero-order valence-electron chi connectivity index (χ0n) is 16.1. The van der Waals surface area contributed by atoms with E-state index in [0.29, 0.717) is 16.9 Å². The van der Waals surface area contributed by atoms with Crippen LogP contribution in [0.3, 0.4) is 0 Å². The van der Waals surface area contributed by atoms with Crippen LogP contribution in [0.25, 0.3) is 0 Å². The van der Waals surface area contributed by atoms with Crippen LogP contribution in [0.5, 0.6) is 0 Å². The molecule has 4 heterocycles. The fraction of sp³-hybridized carbons (Fsp3) is 0.632. The van der Waals surface area contributed by atoms with E-state index in [1.165, 1.54) is 28.0 Å². The topological polar surface area (TPSA) is 103 Å². The maximum atomic E-state index is 12.4. The first-order valence-electron chi connectivity index (χ1n) is 9.64. The number of aliphatic hydroxyl groups excluding tert-OH is 1. The Balaban J connectivity index is 1.56. The maximum Gasteiger partial charge on any atom is 0.353 e. The molecular formula is C19H25N3O4S2. The number of aliphatic carboxylic acids is 1. The van der Waals surface area contributed by atoms with E-state index < -0.39 is 18.0 Å². The summed E-state index contributed by atoms with van der Waals surface area (Å²) in [5, 5.41) is 25.2. The number of piperidine rings is 1. The van der Waals surface area contributed by atoms with Crippen molar-refractivity contribution >= 4 is 35.0 Å². The van der Waals surface area contributed by atoms with Crippen LogP contribution in [0.1, 0.15) is 45.2 Å². The molecule has 2 unspecified atom stereocenters. The number of thioether (sulfide) groups is 1. The summed E-state index contributed by atoms with van der Waals surface area (Å²) in [6.07, 6.45) is 1.43. The predicted molar refractivity (Wildman–Crippen MR) is 107 cm³/mol. The van der Waals surface area contributed by atoms with Crippen molar-refractivity contribution in [3.63, 3.8) is 0 Å². The van der Waals surface area contributed by atoms with Crippen LogP contribution in [0.15, 0.2) is 20.3 Å². The van der Waals surface area contributed by atoms with Gasteiger partial charge in [-0.05, 0) is 26.7 Å². The van der Waals surface area contributed by atoms with Gasteiger partial charge in [-0.25, -0.2) is 9.78 Å². The highest BCUT2D eigenvalue weighted by molar-refractivity contribution is 8.04. The van der Waals surface area contributed by atoms with Crippen LogP contribution < -0.4 is 5.32 Å². The van der Waals surface area contributed by atoms with Crippen LogP contribution in [0.4, 0.5) is 0 Å². The van der Waals surface area contributed by atoms with E-state index in [-0.39, 0.29) is 23.6 Å². The van der Waals surface area contributed by atoms with Crippen molar-refractivity contribution in [1.29, 1.82) is 0 Å².